The number of hydrogen-bond acceptors (Lipinski definition) is 6. The van der Waals surface area contributed by atoms with Gasteiger partial charge in [0.05, 0.1) is 6.04 Å². The Morgan fingerprint density at radius 1 is 1.22 bits per heavy atom. The summed E-state index contributed by atoms with van der Waals surface area (Å²) in [6, 6.07) is 10.0. The van der Waals surface area contributed by atoms with Crippen molar-refractivity contribution in [2.24, 2.45) is 5.92 Å². The molecule has 2 aromatic rings. The van der Waals surface area contributed by atoms with Crippen molar-refractivity contribution in [1.82, 2.24) is 26.3 Å². The molecule has 9 nitrogen and oxygen atoms in total. The summed E-state index contributed by atoms with van der Waals surface area (Å²) < 4.78 is 0. The number of rotatable bonds is 11. The van der Waals surface area contributed by atoms with Crippen molar-refractivity contribution < 1.29 is 14.4 Å². The van der Waals surface area contributed by atoms with Crippen LogP contribution in [0.2, 0.25) is 0 Å². The Kier molecular flexibility index (Phi) is 10.1. The van der Waals surface area contributed by atoms with Gasteiger partial charge < -0.3 is 27.0 Å². The van der Waals surface area contributed by atoms with E-state index in [2.05, 4.69) is 26.3 Å². The fourth-order valence-corrected chi connectivity index (χ4v) is 4.35. The number of pyridine rings is 1. The molecule has 2 heterocycles. The van der Waals surface area contributed by atoms with Gasteiger partial charge in [-0.25, -0.2) is 4.98 Å². The minimum atomic E-state index is -0.672. The first kappa shape index (κ1) is 27.4. The summed E-state index contributed by atoms with van der Waals surface area (Å²) in [4.78, 5) is 41.7. The number of alkyl halides is 1. The summed E-state index contributed by atoms with van der Waals surface area (Å²) in [5, 5.41) is 11.8. The van der Waals surface area contributed by atoms with E-state index < -0.39 is 6.04 Å². The normalized spacial score (nSPS) is 17.9. The van der Waals surface area contributed by atoms with Gasteiger partial charge >= 0.3 is 0 Å². The second-order valence-electron chi connectivity index (χ2n) is 9.19. The summed E-state index contributed by atoms with van der Waals surface area (Å²) in [5.74, 6) is 0.614. The average Bonchev–Trinajstić information content (AvgIpc) is 3.32. The highest BCUT2D eigenvalue weighted by Crippen LogP contribution is 2.20. The van der Waals surface area contributed by atoms with Gasteiger partial charge in [0.1, 0.15) is 11.9 Å². The Morgan fingerprint density at radius 3 is 2.78 bits per heavy atom. The molecule has 1 aliphatic rings. The van der Waals surface area contributed by atoms with Crippen molar-refractivity contribution in [2.75, 3.05) is 24.7 Å². The van der Waals surface area contributed by atoms with Crippen LogP contribution in [0.5, 0.6) is 0 Å². The van der Waals surface area contributed by atoms with Gasteiger partial charge in [-0.2, -0.15) is 0 Å². The molecule has 0 bridgehead atoms. The Labute approximate surface area is 217 Å². The van der Waals surface area contributed by atoms with Crippen molar-refractivity contribution in [2.45, 2.75) is 51.7 Å². The molecule has 0 aliphatic carbocycles. The van der Waals surface area contributed by atoms with E-state index in [0.29, 0.717) is 43.3 Å². The molecule has 1 saturated heterocycles. The number of carbonyl (C=O) groups excluding carboxylic acids is 3. The van der Waals surface area contributed by atoms with Gasteiger partial charge in [0.25, 0.3) is 5.91 Å². The van der Waals surface area contributed by atoms with Crippen LogP contribution < -0.4 is 27.0 Å². The van der Waals surface area contributed by atoms with Crippen LogP contribution in [0.3, 0.4) is 0 Å². The molecule has 6 N–H and O–H groups in total. The molecule has 0 saturated carbocycles. The molecule has 0 radical (unpaired) electrons. The monoisotopic (exact) mass is 514 g/mol. The molecular formula is C26H35ClN6O3. The molecule has 36 heavy (non-hydrogen) atoms. The number of nitrogens with one attached hydrogen (secondary N) is 4. The highest BCUT2D eigenvalue weighted by Gasteiger charge is 2.31. The molecule has 194 valence electrons. The minimum Gasteiger partial charge on any atom is -0.384 e. The Hall–Kier alpha value is -3.17. The van der Waals surface area contributed by atoms with Crippen molar-refractivity contribution in [1.29, 1.82) is 0 Å². The van der Waals surface area contributed by atoms with E-state index in [1.165, 1.54) is 0 Å². The number of halogens is 1. The molecule has 3 rings (SSSR count). The lowest BCUT2D eigenvalue weighted by Gasteiger charge is -2.17. The van der Waals surface area contributed by atoms with E-state index >= 15 is 0 Å². The van der Waals surface area contributed by atoms with Gasteiger partial charge in [0.15, 0.2) is 0 Å². The predicted molar refractivity (Wildman–Crippen MR) is 141 cm³/mol. The molecular weight excluding hydrogens is 480 g/mol. The highest BCUT2D eigenvalue weighted by molar-refractivity contribution is 6.17. The average molecular weight is 515 g/mol. The van der Waals surface area contributed by atoms with E-state index in [1.807, 2.05) is 31.2 Å². The largest absolute Gasteiger partial charge is 0.384 e. The number of nitrogens with two attached hydrogens (primary N) is 1. The number of hydrogen-bond donors (Lipinski definition) is 5. The summed E-state index contributed by atoms with van der Waals surface area (Å²) in [6.45, 7) is 5.04. The Bertz CT molecular complexity index is 1080. The van der Waals surface area contributed by atoms with Gasteiger partial charge in [-0.05, 0) is 74.9 Å². The Morgan fingerprint density at radius 2 is 2.03 bits per heavy atom. The van der Waals surface area contributed by atoms with E-state index in [4.69, 9.17) is 17.3 Å². The molecule has 0 spiro atoms. The van der Waals surface area contributed by atoms with E-state index in [1.54, 1.807) is 19.1 Å². The smallest absolute Gasteiger partial charge is 0.251 e. The molecule has 10 heteroatoms. The lowest BCUT2D eigenvalue weighted by molar-refractivity contribution is -0.129. The molecule has 1 aliphatic heterocycles. The maximum atomic E-state index is 12.8. The fraction of sp³-hybridized carbons (Fsp3) is 0.462. The lowest BCUT2D eigenvalue weighted by Crippen LogP contribution is -2.50. The van der Waals surface area contributed by atoms with Crippen LogP contribution in [0.15, 0.2) is 36.4 Å². The first-order chi connectivity index (χ1) is 17.3. The van der Waals surface area contributed by atoms with Crippen LogP contribution in [0.4, 0.5) is 5.82 Å². The molecule has 3 atom stereocenters. The number of aromatic nitrogens is 1. The van der Waals surface area contributed by atoms with E-state index in [-0.39, 0.29) is 29.7 Å². The van der Waals surface area contributed by atoms with Gasteiger partial charge in [0, 0.05) is 30.2 Å². The third-order valence-corrected chi connectivity index (χ3v) is 6.54. The first-order valence-electron chi connectivity index (χ1n) is 12.2. The summed E-state index contributed by atoms with van der Waals surface area (Å²) >= 11 is 5.66. The summed E-state index contributed by atoms with van der Waals surface area (Å²) in [7, 11) is 0. The van der Waals surface area contributed by atoms with Crippen LogP contribution in [-0.4, -0.2) is 53.8 Å². The van der Waals surface area contributed by atoms with E-state index in [9.17, 15) is 14.4 Å². The quantitative estimate of drug-likeness (QED) is 0.228. The molecule has 1 aromatic heterocycles. The van der Waals surface area contributed by atoms with Gasteiger partial charge in [0.2, 0.25) is 11.8 Å². The topological polar surface area (TPSA) is 138 Å². The molecule has 3 amide bonds. The minimum absolute atomic E-state index is 0.112. The van der Waals surface area contributed by atoms with Crippen molar-refractivity contribution in [3.05, 3.63) is 58.8 Å². The standard InChI is InChI=1S/C26H35ClN6O3/c1-16-21(7-8-23(28)32-16)15-31-24(34)17(2)33-26(36)22-13-19(14-30-22)11-18-5-3-6-20(12-18)25(35)29-10-4-9-27/h3,5-8,12,17,19,22,30H,4,9-11,13-15H2,1-2H3,(H2,28,32)(H,29,35)(H,31,34)(H,33,36)/t17?,19-,22+/m0/s1. The number of carbonyl (C=O) groups is 3. The lowest BCUT2D eigenvalue weighted by atomic mass is 9.95. The molecule has 1 aromatic carbocycles. The first-order valence-corrected chi connectivity index (χ1v) is 12.8. The zero-order valence-corrected chi connectivity index (χ0v) is 21.5. The Balaban J connectivity index is 1.45. The molecule has 1 fully saturated rings. The number of benzene rings is 1. The van der Waals surface area contributed by atoms with Crippen LogP contribution in [0.25, 0.3) is 0 Å². The van der Waals surface area contributed by atoms with Crippen molar-refractivity contribution in [3.63, 3.8) is 0 Å². The van der Waals surface area contributed by atoms with Crippen molar-refractivity contribution in [3.8, 4) is 0 Å². The number of anilines is 1. The molecule has 1 unspecified atom stereocenters. The van der Waals surface area contributed by atoms with Gasteiger partial charge in [-0.15, -0.1) is 11.6 Å². The number of aryl methyl sites for hydroxylation is 1. The van der Waals surface area contributed by atoms with Crippen LogP contribution in [0, 0.1) is 12.8 Å². The second kappa shape index (κ2) is 13.2. The third-order valence-electron chi connectivity index (χ3n) is 6.27. The van der Waals surface area contributed by atoms with Crippen LogP contribution in [0.1, 0.15) is 46.9 Å². The number of amides is 3. The summed E-state index contributed by atoms with van der Waals surface area (Å²) in [5.41, 5.74) is 8.96. The fourth-order valence-electron chi connectivity index (χ4n) is 4.22. The SMILES string of the molecule is Cc1nc(N)ccc1CNC(=O)C(C)NC(=O)[C@H]1C[C@H](Cc2cccc(C(=O)NCCCCl)c2)CN1. The zero-order valence-electron chi connectivity index (χ0n) is 20.8. The van der Waals surface area contributed by atoms with Crippen molar-refractivity contribution >= 4 is 35.1 Å². The van der Waals surface area contributed by atoms with E-state index in [0.717, 1.165) is 29.7 Å². The number of nitrogens with zero attached hydrogens (tertiary/aromatic N) is 1. The van der Waals surface area contributed by atoms with Gasteiger partial charge in [-0.3, -0.25) is 14.4 Å². The maximum Gasteiger partial charge on any atom is 0.251 e. The van der Waals surface area contributed by atoms with Crippen LogP contribution in [-0.2, 0) is 22.6 Å². The highest BCUT2D eigenvalue weighted by atomic mass is 35.5. The van der Waals surface area contributed by atoms with Gasteiger partial charge in [-0.1, -0.05) is 18.2 Å². The third kappa shape index (κ3) is 7.93. The second-order valence-corrected chi connectivity index (χ2v) is 9.57. The number of nitrogen functional groups attached to an aromatic ring is 1. The zero-order chi connectivity index (χ0) is 26.1. The van der Waals surface area contributed by atoms with Crippen LogP contribution >= 0.6 is 11.6 Å². The maximum absolute atomic E-state index is 12.8. The predicted octanol–water partition coefficient (Wildman–Crippen LogP) is 1.67. The summed E-state index contributed by atoms with van der Waals surface area (Å²) in [6.07, 6.45) is 2.14.